The number of para-hydroxylation sites is 1. The molecule has 0 spiro atoms. The molecule has 1 amide bonds. The van der Waals surface area contributed by atoms with Crippen LogP contribution in [0, 0.1) is 13.8 Å². The van der Waals surface area contributed by atoms with Gasteiger partial charge in [-0.05, 0) is 57.2 Å². The van der Waals surface area contributed by atoms with Crippen LogP contribution in [0.5, 0.6) is 11.5 Å². The SMILES string of the molecule is Cc1noc(C)c1C(C)C(=O)N(C)c1ccc(Oc2ccccc2)cc1. The van der Waals surface area contributed by atoms with Crippen LogP contribution >= 0.6 is 0 Å². The van der Waals surface area contributed by atoms with E-state index in [4.69, 9.17) is 9.26 Å². The second-order valence-electron chi connectivity index (χ2n) is 6.27. The van der Waals surface area contributed by atoms with Gasteiger partial charge in [-0.25, -0.2) is 0 Å². The van der Waals surface area contributed by atoms with Crippen LogP contribution in [0.1, 0.15) is 29.9 Å². The van der Waals surface area contributed by atoms with E-state index < -0.39 is 0 Å². The van der Waals surface area contributed by atoms with Crippen molar-refractivity contribution in [3.63, 3.8) is 0 Å². The summed E-state index contributed by atoms with van der Waals surface area (Å²) in [6.45, 7) is 5.55. The Labute approximate surface area is 153 Å². The maximum absolute atomic E-state index is 12.8. The van der Waals surface area contributed by atoms with Crippen molar-refractivity contribution >= 4 is 11.6 Å². The molecule has 5 heteroatoms. The van der Waals surface area contributed by atoms with Crippen LogP contribution in [0.15, 0.2) is 59.1 Å². The van der Waals surface area contributed by atoms with Gasteiger partial charge >= 0.3 is 0 Å². The van der Waals surface area contributed by atoms with Gasteiger partial charge in [0.2, 0.25) is 5.91 Å². The van der Waals surface area contributed by atoms with Gasteiger partial charge in [-0.3, -0.25) is 4.79 Å². The number of benzene rings is 2. The Morgan fingerprint density at radius 3 is 2.23 bits per heavy atom. The highest BCUT2D eigenvalue weighted by Gasteiger charge is 2.26. The normalized spacial score (nSPS) is 11.8. The number of carbonyl (C=O) groups excluding carboxylic acids is 1. The van der Waals surface area contributed by atoms with Gasteiger partial charge < -0.3 is 14.2 Å². The van der Waals surface area contributed by atoms with E-state index in [2.05, 4.69) is 5.16 Å². The summed E-state index contributed by atoms with van der Waals surface area (Å²) in [5.74, 6) is 1.84. The summed E-state index contributed by atoms with van der Waals surface area (Å²) in [7, 11) is 1.77. The van der Waals surface area contributed by atoms with Crippen LogP contribution in [-0.4, -0.2) is 18.1 Å². The van der Waals surface area contributed by atoms with Gasteiger partial charge in [0.1, 0.15) is 17.3 Å². The largest absolute Gasteiger partial charge is 0.457 e. The number of amides is 1. The van der Waals surface area contributed by atoms with Gasteiger partial charge in [-0.15, -0.1) is 0 Å². The first-order valence-corrected chi connectivity index (χ1v) is 8.50. The van der Waals surface area contributed by atoms with Crippen molar-refractivity contribution in [1.82, 2.24) is 5.16 Å². The number of rotatable bonds is 5. The molecule has 134 valence electrons. The van der Waals surface area contributed by atoms with E-state index in [0.29, 0.717) is 5.76 Å². The number of nitrogens with zero attached hydrogens (tertiary/aromatic N) is 2. The van der Waals surface area contributed by atoms with Gasteiger partial charge in [0.05, 0.1) is 11.6 Å². The zero-order chi connectivity index (χ0) is 18.7. The van der Waals surface area contributed by atoms with Crippen molar-refractivity contribution in [2.24, 2.45) is 0 Å². The van der Waals surface area contributed by atoms with E-state index in [1.807, 2.05) is 75.4 Å². The molecule has 0 aliphatic carbocycles. The van der Waals surface area contributed by atoms with Crippen LogP contribution in [-0.2, 0) is 4.79 Å². The smallest absolute Gasteiger partial charge is 0.234 e. The average Bonchev–Trinajstić information content (AvgIpc) is 3.00. The summed E-state index contributed by atoms with van der Waals surface area (Å²) in [6.07, 6.45) is 0. The van der Waals surface area contributed by atoms with Gasteiger partial charge in [0.15, 0.2) is 0 Å². The fraction of sp³-hybridized carbons (Fsp3) is 0.238. The van der Waals surface area contributed by atoms with E-state index in [-0.39, 0.29) is 11.8 Å². The third kappa shape index (κ3) is 3.61. The highest BCUT2D eigenvalue weighted by molar-refractivity contribution is 5.97. The van der Waals surface area contributed by atoms with E-state index in [9.17, 15) is 4.79 Å². The average molecular weight is 350 g/mol. The molecule has 0 N–H and O–H groups in total. The number of aryl methyl sites for hydroxylation is 2. The summed E-state index contributed by atoms with van der Waals surface area (Å²) < 4.78 is 11.0. The van der Waals surface area contributed by atoms with Crippen molar-refractivity contribution in [3.8, 4) is 11.5 Å². The molecule has 0 aliphatic heterocycles. The Balaban J connectivity index is 1.73. The highest BCUT2D eigenvalue weighted by Crippen LogP contribution is 2.28. The van der Waals surface area contributed by atoms with Crippen molar-refractivity contribution in [2.75, 3.05) is 11.9 Å². The Bertz CT molecular complexity index is 866. The van der Waals surface area contributed by atoms with Crippen LogP contribution in [0.25, 0.3) is 0 Å². The molecule has 0 aliphatic rings. The van der Waals surface area contributed by atoms with Crippen molar-refractivity contribution in [1.29, 1.82) is 0 Å². The molecule has 0 bridgehead atoms. The van der Waals surface area contributed by atoms with Crippen LogP contribution < -0.4 is 9.64 Å². The first-order valence-electron chi connectivity index (χ1n) is 8.50. The number of ether oxygens (including phenoxy) is 1. The molecular weight excluding hydrogens is 328 g/mol. The van der Waals surface area contributed by atoms with Crippen molar-refractivity contribution in [2.45, 2.75) is 26.7 Å². The van der Waals surface area contributed by atoms with Gasteiger partial charge in [0.25, 0.3) is 0 Å². The predicted molar refractivity (Wildman–Crippen MR) is 101 cm³/mol. The van der Waals surface area contributed by atoms with E-state index in [0.717, 1.165) is 28.4 Å². The number of likely N-dealkylation sites (N-methyl/N-ethyl adjacent to an activating group) is 1. The fourth-order valence-corrected chi connectivity index (χ4v) is 3.01. The monoisotopic (exact) mass is 350 g/mol. The molecule has 0 radical (unpaired) electrons. The lowest BCUT2D eigenvalue weighted by Gasteiger charge is -2.22. The molecule has 1 unspecified atom stereocenters. The van der Waals surface area contributed by atoms with Crippen LogP contribution in [0.2, 0.25) is 0 Å². The fourth-order valence-electron chi connectivity index (χ4n) is 3.01. The summed E-state index contributed by atoms with van der Waals surface area (Å²) >= 11 is 0. The lowest BCUT2D eigenvalue weighted by molar-refractivity contribution is -0.119. The van der Waals surface area contributed by atoms with Crippen LogP contribution in [0.3, 0.4) is 0 Å². The lowest BCUT2D eigenvalue weighted by atomic mass is 9.98. The molecule has 1 atom stereocenters. The quantitative estimate of drug-likeness (QED) is 0.660. The molecule has 0 saturated heterocycles. The van der Waals surface area contributed by atoms with E-state index >= 15 is 0 Å². The Hall–Kier alpha value is -3.08. The summed E-state index contributed by atoms with van der Waals surface area (Å²) in [4.78, 5) is 14.5. The standard InChI is InChI=1S/C21H22N2O3/c1-14(20-15(2)22-26-16(20)3)21(24)23(4)17-10-12-19(13-11-17)25-18-8-6-5-7-9-18/h5-14H,1-4H3. The molecule has 26 heavy (non-hydrogen) atoms. The molecule has 2 aromatic carbocycles. The first-order chi connectivity index (χ1) is 12.5. The minimum Gasteiger partial charge on any atom is -0.457 e. The molecule has 3 rings (SSSR count). The third-order valence-electron chi connectivity index (χ3n) is 4.43. The van der Waals surface area contributed by atoms with E-state index in [1.165, 1.54) is 0 Å². The molecule has 1 heterocycles. The summed E-state index contributed by atoms with van der Waals surface area (Å²) in [5, 5.41) is 3.94. The number of aromatic nitrogens is 1. The van der Waals surface area contributed by atoms with Crippen LogP contribution in [0.4, 0.5) is 5.69 Å². The molecule has 3 aromatic rings. The topological polar surface area (TPSA) is 55.6 Å². The maximum atomic E-state index is 12.8. The molecule has 0 fully saturated rings. The Morgan fingerprint density at radius 2 is 1.65 bits per heavy atom. The van der Waals surface area contributed by atoms with Crippen molar-refractivity contribution in [3.05, 3.63) is 71.6 Å². The number of anilines is 1. The zero-order valence-electron chi connectivity index (χ0n) is 15.4. The summed E-state index contributed by atoms with van der Waals surface area (Å²) in [6, 6.07) is 17.0. The second-order valence-corrected chi connectivity index (χ2v) is 6.27. The number of carbonyl (C=O) groups is 1. The second kappa shape index (κ2) is 7.44. The predicted octanol–water partition coefficient (Wildman–Crippen LogP) is 4.85. The van der Waals surface area contributed by atoms with E-state index in [1.54, 1.807) is 11.9 Å². The zero-order valence-corrected chi connectivity index (χ0v) is 15.4. The Morgan fingerprint density at radius 1 is 1.04 bits per heavy atom. The maximum Gasteiger partial charge on any atom is 0.234 e. The molecule has 0 saturated carbocycles. The van der Waals surface area contributed by atoms with Gasteiger partial charge in [-0.2, -0.15) is 0 Å². The molecular formula is C21H22N2O3. The molecule has 5 nitrogen and oxygen atoms in total. The minimum atomic E-state index is -0.327. The number of hydrogen-bond donors (Lipinski definition) is 0. The third-order valence-corrected chi connectivity index (χ3v) is 4.43. The lowest BCUT2D eigenvalue weighted by Crippen LogP contribution is -2.30. The molecule has 1 aromatic heterocycles. The highest BCUT2D eigenvalue weighted by atomic mass is 16.5. The Kier molecular flexibility index (Phi) is 5.07. The summed E-state index contributed by atoms with van der Waals surface area (Å²) in [5.41, 5.74) is 2.41. The first kappa shape index (κ1) is 17.7. The van der Waals surface area contributed by atoms with Crippen molar-refractivity contribution < 1.29 is 14.1 Å². The number of hydrogen-bond acceptors (Lipinski definition) is 4. The van der Waals surface area contributed by atoms with Gasteiger partial charge in [0, 0.05) is 18.3 Å². The van der Waals surface area contributed by atoms with Gasteiger partial charge in [-0.1, -0.05) is 23.4 Å². The minimum absolute atomic E-state index is 0.0175.